The lowest BCUT2D eigenvalue weighted by molar-refractivity contribution is -0.119. The number of ether oxygens (including phenoxy) is 2. The fourth-order valence-corrected chi connectivity index (χ4v) is 3.37. The highest BCUT2D eigenvalue weighted by Gasteiger charge is 2.58. The molecule has 0 unspecified atom stereocenters. The molecule has 5 heteroatoms. The molecule has 3 aliphatic rings. The smallest absolute Gasteiger partial charge is 0.400 e. The van der Waals surface area contributed by atoms with Gasteiger partial charge in [0.2, 0.25) is 0 Å². The lowest BCUT2D eigenvalue weighted by atomic mass is 9.68. The normalized spacial score (nSPS) is 43.3. The first kappa shape index (κ1) is 15.3. The molecule has 2 bridgehead atoms. The highest BCUT2D eigenvalue weighted by molar-refractivity contribution is 6.55. The van der Waals surface area contributed by atoms with Gasteiger partial charge in [0.15, 0.2) is 0 Å². The topological polar surface area (TPSA) is 36.9 Å². The van der Waals surface area contributed by atoms with Crippen molar-refractivity contribution in [3.8, 4) is 0 Å². The fraction of sp³-hybridized carbons (Fsp3) is 0.750. The van der Waals surface area contributed by atoms with Crippen LogP contribution in [0, 0.1) is 0 Å². The molecule has 0 aromatic carbocycles. The van der Waals surface area contributed by atoms with Crippen LogP contribution in [0.4, 0.5) is 0 Å². The monoisotopic (exact) mass is 292 g/mol. The molecule has 0 N–H and O–H groups in total. The second-order valence-corrected chi connectivity index (χ2v) is 7.65. The summed E-state index contributed by atoms with van der Waals surface area (Å²) < 4.78 is 24.3. The van der Waals surface area contributed by atoms with Crippen LogP contribution in [0.15, 0.2) is 23.7 Å². The van der Waals surface area contributed by atoms with Gasteiger partial charge in [-0.15, -0.1) is 0 Å². The Hall–Kier alpha value is -0.615. The first-order valence-electron chi connectivity index (χ1n) is 7.54. The molecule has 0 spiro atoms. The van der Waals surface area contributed by atoms with E-state index in [0.29, 0.717) is 0 Å². The van der Waals surface area contributed by atoms with Crippen LogP contribution in [-0.2, 0) is 18.8 Å². The second kappa shape index (κ2) is 4.22. The first-order valence-corrected chi connectivity index (χ1v) is 7.54. The molecule has 0 aromatic rings. The van der Waals surface area contributed by atoms with E-state index in [4.69, 9.17) is 18.8 Å². The molecule has 116 valence electrons. The highest BCUT2D eigenvalue weighted by Crippen LogP contribution is 2.47. The Morgan fingerprint density at radius 3 is 2.10 bits per heavy atom. The van der Waals surface area contributed by atoms with Gasteiger partial charge in [0, 0.05) is 7.11 Å². The predicted octanol–water partition coefficient (Wildman–Crippen LogP) is 2.68. The van der Waals surface area contributed by atoms with Crippen LogP contribution in [0.3, 0.4) is 0 Å². The van der Waals surface area contributed by atoms with Crippen molar-refractivity contribution in [3.63, 3.8) is 0 Å². The Morgan fingerprint density at radius 2 is 1.57 bits per heavy atom. The van der Waals surface area contributed by atoms with Gasteiger partial charge >= 0.3 is 7.12 Å². The first-order chi connectivity index (χ1) is 9.52. The molecule has 1 fully saturated rings. The summed E-state index contributed by atoms with van der Waals surface area (Å²) in [5, 5.41) is 0. The van der Waals surface area contributed by atoms with Gasteiger partial charge in [0.1, 0.15) is 17.3 Å². The van der Waals surface area contributed by atoms with E-state index in [9.17, 15) is 0 Å². The molecule has 0 saturated carbocycles. The number of fused-ring (bicyclic) bond motifs is 2. The summed E-state index contributed by atoms with van der Waals surface area (Å²) >= 11 is 0. The molecular formula is C16H25BO4. The SMILES string of the molecule is CO[C@@H]1C(B2OC(C)(C)C(C)(C)O2)=C[C@]2(C)C=C[C@@]1(C)O2. The Balaban J connectivity index is 1.98. The average Bonchev–Trinajstić information content (AvgIpc) is 2.70. The van der Waals surface area contributed by atoms with Crippen molar-refractivity contribution in [1.82, 2.24) is 0 Å². The maximum Gasteiger partial charge on any atom is 0.493 e. The zero-order chi connectivity index (χ0) is 15.7. The third-order valence-electron chi connectivity index (χ3n) is 5.22. The number of hydrogen-bond acceptors (Lipinski definition) is 4. The summed E-state index contributed by atoms with van der Waals surface area (Å²) in [4.78, 5) is 0. The van der Waals surface area contributed by atoms with Crippen molar-refractivity contribution in [2.45, 2.75) is 70.1 Å². The summed E-state index contributed by atoms with van der Waals surface area (Å²) in [7, 11) is 1.30. The molecule has 3 atom stereocenters. The maximum absolute atomic E-state index is 6.20. The van der Waals surface area contributed by atoms with Gasteiger partial charge in [0.05, 0.1) is 11.2 Å². The van der Waals surface area contributed by atoms with Gasteiger partial charge in [-0.2, -0.15) is 0 Å². The minimum absolute atomic E-state index is 0.209. The number of methoxy groups -OCH3 is 1. The van der Waals surface area contributed by atoms with Gasteiger partial charge in [-0.25, -0.2) is 0 Å². The number of rotatable bonds is 2. The summed E-state index contributed by atoms with van der Waals surface area (Å²) in [6.45, 7) is 12.3. The zero-order valence-corrected chi connectivity index (χ0v) is 14.0. The fourth-order valence-electron chi connectivity index (χ4n) is 3.37. The van der Waals surface area contributed by atoms with Gasteiger partial charge in [-0.1, -0.05) is 18.2 Å². The molecule has 21 heavy (non-hydrogen) atoms. The van der Waals surface area contributed by atoms with Gasteiger partial charge in [0.25, 0.3) is 0 Å². The molecule has 0 radical (unpaired) electrons. The van der Waals surface area contributed by atoms with E-state index in [1.54, 1.807) is 7.11 Å². The van der Waals surface area contributed by atoms with Crippen LogP contribution in [0.25, 0.3) is 0 Å². The highest BCUT2D eigenvalue weighted by atomic mass is 16.7. The minimum Gasteiger partial charge on any atom is -0.400 e. The van der Waals surface area contributed by atoms with Crippen molar-refractivity contribution >= 4 is 7.12 Å². The van der Waals surface area contributed by atoms with E-state index >= 15 is 0 Å². The zero-order valence-electron chi connectivity index (χ0n) is 14.0. The molecule has 3 heterocycles. The van der Waals surface area contributed by atoms with Gasteiger partial charge in [-0.05, 0) is 47.0 Å². The number of hydrogen-bond donors (Lipinski definition) is 0. The molecular weight excluding hydrogens is 267 g/mol. The van der Waals surface area contributed by atoms with Crippen LogP contribution in [0.1, 0.15) is 41.5 Å². The molecule has 3 rings (SSSR count). The Kier molecular flexibility index (Phi) is 3.07. The standard InChI is InChI=1S/C16H25BO4/c1-13(2)14(3,4)21-17(20-13)11-10-15(5)8-9-16(6,19-15)12(11)18-7/h8-10,12H,1-7H3/t12-,15+,16-/m1/s1. The van der Waals surface area contributed by atoms with E-state index in [0.717, 1.165) is 5.47 Å². The van der Waals surface area contributed by atoms with E-state index < -0.39 is 18.3 Å². The maximum atomic E-state index is 6.20. The molecule has 3 aliphatic heterocycles. The van der Waals surface area contributed by atoms with Crippen molar-refractivity contribution in [1.29, 1.82) is 0 Å². The van der Waals surface area contributed by atoms with Crippen LogP contribution in [-0.4, -0.2) is 42.7 Å². The van der Waals surface area contributed by atoms with E-state index in [1.807, 2.05) is 13.8 Å². The average molecular weight is 292 g/mol. The van der Waals surface area contributed by atoms with Gasteiger partial charge < -0.3 is 18.8 Å². The van der Waals surface area contributed by atoms with Crippen molar-refractivity contribution in [3.05, 3.63) is 23.7 Å². The largest absolute Gasteiger partial charge is 0.493 e. The van der Waals surface area contributed by atoms with E-state index in [1.165, 1.54) is 0 Å². The predicted molar refractivity (Wildman–Crippen MR) is 82.0 cm³/mol. The Morgan fingerprint density at radius 1 is 1.00 bits per heavy atom. The quantitative estimate of drug-likeness (QED) is 0.579. The summed E-state index contributed by atoms with van der Waals surface area (Å²) in [5.41, 5.74) is -0.593. The van der Waals surface area contributed by atoms with Gasteiger partial charge in [-0.3, -0.25) is 0 Å². The van der Waals surface area contributed by atoms with Crippen molar-refractivity contribution in [2.75, 3.05) is 7.11 Å². The minimum atomic E-state index is -0.475. The van der Waals surface area contributed by atoms with Crippen molar-refractivity contribution in [2.24, 2.45) is 0 Å². The molecule has 1 saturated heterocycles. The molecule has 4 nitrogen and oxygen atoms in total. The second-order valence-electron chi connectivity index (χ2n) is 7.65. The Labute approximate surface area is 127 Å². The molecule has 0 aliphatic carbocycles. The van der Waals surface area contributed by atoms with Crippen LogP contribution >= 0.6 is 0 Å². The van der Waals surface area contributed by atoms with Crippen LogP contribution < -0.4 is 0 Å². The van der Waals surface area contributed by atoms with E-state index in [-0.39, 0.29) is 17.3 Å². The lowest BCUT2D eigenvalue weighted by Gasteiger charge is -2.41. The molecule has 0 amide bonds. The Bertz CT molecular complexity index is 508. The molecule has 0 aromatic heterocycles. The van der Waals surface area contributed by atoms with Crippen LogP contribution in [0.5, 0.6) is 0 Å². The summed E-state index contributed by atoms with van der Waals surface area (Å²) in [6, 6.07) is 0. The summed E-state index contributed by atoms with van der Waals surface area (Å²) in [5.74, 6) is 0. The van der Waals surface area contributed by atoms with Crippen LogP contribution in [0.2, 0.25) is 0 Å². The third-order valence-corrected chi connectivity index (χ3v) is 5.22. The summed E-state index contributed by atoms with van der Waals surface area (Å²) in [6.07, 6.45) is 6.03. The van der Waals surface area contributed by atoms with Crippen molar-refractivity contribution < 1.29 is 18.8 Å². The van der Waals surface area contributed by atoms with E-state index in [2.05, 4.69) is 45.9 Å². The third kappa shape index (κ3) is 2.13. The lowest BCUT2D eigenvalue weighted by Crippen LogP contribution is -2.51.